The second kappa shape index (κ2) is 8.99. The fourth-order valence-electron chi connectivity index (χ4n) is 6.29. The Morgan fingerprint density at radius 1 is 1.11 bits per heavy atom. The Morgan fingerprint density at radius 2 is 1.86 bits per heavy atom. The standard InChI is InChI=1S/C27H31N3O4S/c1-15-9-10-16(2)19(13-15)29-25(33)23-27-17(3)14-20(35-27)21(22(27)26(34)30(23)11-12-31)24(32)28-18-7-5-4-6-8-18/h4-10,13,17,20-23,31H,11-12,14H2,1-3H3,(H,28,32)(H,29,33)/t17?,20-,21+,22+,23?,27?/m1/s1. The number of nitrogens with zero attached hydrogens (tertiary/aromatic N) is 1. The van der Waals surface area contributed by atoms with Gasteiger partial charge < -0.3 is 20.6 Å². The highest BCUT2D eigenvalue weighted by Crippen LogP contribution is 2.68. The monoisotopic (exact) mass is 493 g/mol. The van der Waals surface area contributed by atoms with Crippen molar-refractivity contribution >= 4 is 40.9 Å². The molecule has 8 heteroatoms. The van der Waals surface area contributed by atoms with Crippen LogP contribution in [0.3, 0.4) is 0 Å². The van der Waals surface area contributed by atoms with E-state index in [0.29, 0.717) is 5.69 Å². The average Bonchev–Trinajstić information content (AvgIpc) is 3.41. The molecule has 2 aromatic carbocycles. The van der Waals surface area contributed by atoms with Crippen LogP contribution in [-0.4, -0.2) is 56.9 Å². The van der Waals surface area contributed by atoms with Crippen LogP contribution in [0.25, 0.3) is 0 Å². The summed E-state index contributed by atoms with van der Waals surface area (Å²) < 4.78 is -0.711. The van der Waals surface area contributed by atoms with Crippen LogP contribution in [0.4, 0.5) is 11.4 Å². The summed E-state index contributed by atoms with van der Waals surface area (Å²) >= 11 is 1.63. The van der Waals surface area contributed by atoms with Gasteiger partial charge in [-0.3, -0.25) is 14.4 Å². The largest absolute Gasteiger partial charge is 0.395 e. The van der Waals surface area contributed by atoms with Crippen molar-refractivity contribution in [1.29, 1.82) is 0 Å². The molecule has 0 saturated carbocycles. The molecule has 0 radical (unpaired) electrons. The SMILES string of the molecule is Cc1ccc(C)c(NC(=O)C2N(CCO)C(=O)[C@@H]3[C@@H](C(=O)Nc4ccccc4)[C@H]4CC(C)C23S4)c1. The van der Waals surface area contributed by atoms with E-state index >= 15 is 0 Å². The van der Waals surface area contributed by atoms with Gasteiger partial charge in [-0.25, -0.2) is 0 Å². The van der Waals surface area contributed by atoms with E-state index in [9.17, 15) is 19.5 Å². The Morgan fingerprint density at radius 3 is 2.57 bits per heavy atom. The highest BCUT2D eigenvalue weighted by atomic mass is 32.2. The Hall–Kier alpha value is -2.84. The summed E-state index contributed by atoms with van der Waals surface area (Å²) in [4.78, 5) is 42.6. The van der Waals surface area contributed by atoms with Crippen molar-refractivity contribution in [3.8, 4) is 0 Å². The minimum absolute atomic E-state index is 0.0325. The number of fused-ring (bicyclic) bond motifs is 1. The number of aliphatic hydroxyl groups is 1. The lowest BCUT2D eigenvalue weighted by molar-refractivity contribution is -0.138. The van der Waals surface area contributed by atoms with Gasteiger partial charge in [0.25, 0.3) is 0 Å². The van der Waals surface area contributed by atoms with Crippen LogP contribution < -0.4 is 10.6 Å². The van der Waals surface area contributed by atoms with Gasteiger partial charge in [0, 0.05) is 23.2 Å². The first-order valence-corrected chi connectivity index (χ1v) is 13.0. The van der Waals surface area contributed by atoms with Crippen LogP contribution in [-0.2, 0) is 14.4 Å². The number of carbonyl (C=O) groups excluding carboxylic acids is 3. The van der Waals surface area contributed by atoms with Gasteiger partial charge in [-0.15, -0.1) is 11.8 Å². The van der Waals surface area contributed by atoms with Crippen LogP contribution in [0.5, 0.6) is 0 Å². The third-order valence-electron chi connectivity index (χ3n) is 7.83. The Labute approximate surface area is 209 Å². The number of hydrogen-bond donors (Lipinski definition) is 3. The molecule has 1 spiro atoms. The van der Waals surface area contributed by atoms with Crippen molar-refractivity contribution in [2.24, 2.45) is 17.8 Å². The molecule has 3 N–H and O–H groups in total. The number of hydrogen-bond acceptors (Lipinski definition) is 5. The first-order valence-electron chi connectivity index (χ1n) is 12.1. The second-order valence-electron chi connectivity index (χ2n) is 9.97. The summed E-state index contributed by atoms with van der Waals surface area (Å²) in [6, 6.07) is 14.4. The van der Waals surface area contributed by atoms with Gasteiger partial charge >= 0.3 is 0 Å². The number of nitrogens with one attached hydrogen (secondary N) is 2. The average molecular weight is 494 g/mol. The molecule has 6 atom stereocenters. The van der Waals surface area contributed by atoms with Gasteiger partial charge in [-0.05, 0) is 55.5 Å². The van der Waals surface area contributed by atoms with Gasteiger partial charge in [0.2, 0.25) is 17.7 Å². The van der Waals surface area contributed by atoms with Crippen molar-refractivity contribution in [3.05, 3.63) is 59.7 Å². The maximum Gasteiger partial charge on any atom is 0.248 e. The molecule has 3 saturated heterocycles. The zero-order valence-electron chi connectivity index (χ0n) is 20.2. The number of para-hydroxylation sites is 1. The van der Waals surface area contributed by atoms with Crippen LogP contribution in [0.15, 0.2) is 48.5 Å². The van der Waals surface area contributed by atoms with Crippen molar-refractivity contribution < 1.29 is 19.5 Å². The highest BCUT2D eigenvalue weighted by molar-refractivity contribution is 8.02. The van der Waals surface area contributed by atoms with E-state index in [-0.39, 0.29) is 42.0 Å². The Bertz CT molecular complexity index is 1170. The summed E-state index contributed by atoms with van der Waals surface area (Å²) in [5.74, 6) is -1.71. The molecule has 0 aliphatic carbocycles. The fourth-order valence-corrected chi connectivity index (χ4v) is 8.71. The first kappa shape index (κ1) is 23.9. The molecular weight excluding hydrogens is 462 g/mol. The van der Waals surface area contributed by atoms with E-state index < -0.39 is 22.6 Å². The van der Waals surface area contributed by atoms with Crippen molar-refractivity contribution in [2.75, 3.05) is 23.8 Å². The van der Waals surface area contributed by atoms with E-state index in [1.165, 1.54) is 4.90 Å². The lowest BCUT2D eigenvalue weighted by atomic mass is 9.66. The zero-order chi connectivity index (χ0) is 24.9. The number of aliphatic hydroxyl groups excluding tert-OH is 1. The number of carbonyl (C=O) groups is 3. The Balaban J connectivity index is 1.50. The van der Waals surface area contributed by atoms with Crippen LogP contribution in [0.2, 0.25) is 0 Å². The zero-order valence-corrected chi connectivity index (χ0v) is 21.0. The number of aryl methyl sites for hydroxylation is 2. The molecule has 0 aromatic heterocycles. The maximum absolute atomic E-state index is 13.8. The molecule has 3 aliphatic heterocycles. The van der Waals surface area contributed by atoms with Crippen LogP contribution >= 0.6 is 11.8 Å². The molecule has 3 fully saturated rings. The maximum atomic E-state index is 13.8. The molecule has 7 nitrogen and oxygen atoms in total. The minimum Gasteiger partial charge on any atom is -0.395 e. The minimum atomic E-state index is -0.758. The van der Waals surface area contributed by atoms with Gasteiger partial charge in [-0.1, -0.05) is 37.3 Å². The van der Waals surface area contributed by atoms with Crippen molar-refractivity contribution in [1.82, 2.24) is 4.90 Å². The number of likely N-dealkylation sites (tertiary alicyclic amines) is 1. The van der Waals surface area contributed by atoms with Crippen molar-refractivity contribution in [3.63, 3.8) is 0 Å². The summed E-state index contributed by atoms with van der Waals surface area (Å²) in [7, 11) is 0. The summed E-state index contributed by atoms with van der Waals surface area (Å²) in [5, 5.41) is 15.8. The number of benzene rings is 2. The van der Waals surface area contributed by atoms with E-state index in [1.54, 1.807) is 11.8 Å². The molecule has 2 bridgehead atoms. The molecule has 3 amide bonds. The highest BCUT2D eigenvalue weighted by Gasteiger charge is 2.75. The van der Waals surface area contributed by atoms with E-state index in [4.69, 9.17) is 0 Å². The molecule has 2 aromatic rings. The second-order valence-corrected chi connectivity index (χ2v) is 11.5. The molecule has 35 heavy (non-hydrogen) atoms. The number of thioether (sulfide) groups is 1. The predicted octanol–water partition coefficient (Wildman–Crippen LogP) is 3.21. The summed E-state index contributed by atoms with van der Waals surface area (Å²) in [6.07, 6.45) is 0.765. The van der Waals surface area contributed by atoms with Crippen molar-refractivity contribution in [2.45, 2.75) is 43.2 Å². The normalized spacial score (nSPS) is 30.9. The molecule has 3 heterocycles. The molecular formula is C27H31N3O4S. The van der Waals surface area contributed by atoms with E-state index in [1.807, 2.05) is 62.4 Å². The molecule has 3 unspecified atom stereocenters. The third-order valence-corrected chi connectivity index (χ3v) is 9.91. The number of anilines is 2. The number of β-amino-alcohol motifs (C(OH)–C–C–N with tert-alkyl or cyclic N) is 1. The van der Waals surface area contributed by atoms with Gasteiger partial charge in [0.1, 0.15) is 6.04 Å². The Kier molecular flexibility index (Phi) is 6.13. The van der Waals surface area contributed by atoms with Gasteiger partial charge in [0.15, 0.2) is 0 Å². The van der Waals surface area contributed by atoms with Crippen LogP contribution in [0.1, 0.15) is 24.5 Å². The smallest absolute Gasteiger partial charge is 0.248 e. The van der Waals surface area contributed by atoms with Gasteiger partial charge in [-0.2, -0.15) is 0 Å². The fraction of sp³-hybridized carbons (Fsp3) is 0.444. The molecule has 184 valence electrons. The lowest BCUT2D eigenvalue weighted by Gasteiger charge is -2.38. The van der Waals surface area contributed by atoms with E-state index in [0.717, 1.165) is 23.2 Å². The summed E-state index contributed by atoms with van der Waals surface area (Å²) in [6.45, 7) is 5.80. The van der Waals surface area contributed by atoms with Crippen LogP contribution in [0, 0.1) is 31.6 Å². The molecule has 3 aliphatic rings. The number of amides is 3. The summed E-state index contributed by atoms with van der Waals surface area (Å²) in [5.41, 5.74) is 3.37. The topological polar surface area (TPSA) is 98.7 Å². The number of rotatable bonds is 6. The van der Waals surface area contributed by atoms with E-state index in [2.05, 4.69) is 17.6 Å². The first-order chi connectivity index (χ1) is 16.8. The quantitative estimate of drug-likeness (QED) is 0.574. The molecule has 5 rings (SSSR count). The predicted molar refractivity (Wildman–Crippen MR) is 137 cm³/mol. The third kappa shape index (κ3) is 3.74. The van der Waals surface area contributed by atoms with Gasteiger partial charge in [0.05, 0.1) is 23.2 Å². The lowest BCUT2D eigenvalue weighted by Crippen LogP contribution is -2.55.